The van der Waals surface area contributed by atoms with Crippen molar-refractivity contribution >= 4 is 11.9 Å². The predicted octanol–water partition coefficient (Wildman–Crippen LogP) is 2.15. The first kappa shape index (κ1) is 16.3. The van der Waals surface area contributed by atoms with Crippen LogP contribution in [-0.4, -0.2) is 47.7 Å². The van der Waals surface area contributed by atoms with Gasteiger partial charge < -0.3 is 14.7 Å². The molecule has 2 fully saturated rings. The highest BCUT2D eigenvalue weighted by Gasteiger charge is 2.28. The first-order valence-electron chi connectivity index (χ1n) is 8.08. The van der Waals surface area contributed by atoms with E-state index in [0.717, 1.165) is 12.8 Å². The quantitative estimate of drug-likeness (QED) is 0.863. The second-order valence-electron chi connectivity index (χ2n) is 6.84. The molecule has 1 heterocycles. The number of carbonyl (C=O) groups is 2. The van der Waals surface area contributed by atoms with E-state index in [-0.39, 0.29) is 24.5 Å². The van der Waals surface area contributed by atoms with E-state index in [1.54, 1.807) is 4.90 Å². The first-order valence-corrected chi connectivity index (χ1v) is 8.08. The number of carboxylic acids is 1. The molecule has 1 amide bonds. The molecule has 1 saturated carbocycles. The summed E-state index contributed by atoms with van der Waals surface area (Å²) in [6, 6.07) is 0. The Labute approximate surface area is 126 Å². The molecule has 0 aromatic heterocycles. The summed E-state index contributed by atoms with van der Waals surface area (Å²) in [5, 5.41) is 8.96. The van der Waals surface area contributed by atoms with E-state index in [4.69, 9.17) is 9.84 Å². The highest BCUT2D eigenvalue weighted by atomic mass is 16.5. The predicted molar refractivity (Wildman–Crippen MR) is 78.9 cm³/mol. The number of carbonyl (C=O) groups excluding carboxylic acids is 1. The Bertz CT molecular complexity index is 366. The van der Waals surface area contributed by atoms with Crippen molar-refractivity contribution in [2.24, 2.45) is 17.8 Å². The average Bonchev–Trinajstić information content (AvgIpc) is 2.44. The number of carboxylic acid groups (broad SMARTS) is 1. The van der Waals surface area contributed by atoms with Gasteiger partial charge in [0.25, 0.3) is 0 Å². The number of aliphatic carboxylic acids is 1. The topological polar surface area (TPSA) is 66.8 Å². The van der Waals surface area contributed by atoms with Crippen molar-refractivity contribution in [3.63, 3.8) is 0 Å². The molecule has 5 nitrogen and oxygen atoms in total. The van der Waals surface area contributed by atoms with Crippen LogP contribution in [0.4, 0.5) is 0 Å². The van der Waals surface area contributed by atoms with E-state index in [0.29, 0.717) is 37.8 Å². The van der Waals surface area contributed by atoms with Gasteiger partial charge in [0.05, 0.1) is 12.0 Å². The summed E-state index contributed by atoms with van der Waals surface area (Å²) in [6.45, 7) is 5.70. The fourth-order valence-electron chi connectivity index (χ4n) is 3.67. The molecule has 0 radical (unpaired) electrons. The van der Waals surface area contributed by atoms with Crippen LogP contribution in [0.3, 0.4) is 0 Å². The first-order chi connectivity index (χ1) is 9.95. The van der Waals surface area contributed by atoms with Crippen molar-refractivity contribution in [2.75, 3.05) is 19.7 Å². The number of ether oxygens (including phenoxy) is 1. The molecular formula is C16H27NO4. The standard InChI is InChI=1S/C16H27NO4/c1-11-7-12(2)9-14(8-11)21-10-15(18)17-5-3-13(4-6-17)16(19)20/h11-14H,3-10H2,1-2H3,(H,19,20). The fourth-order valence-corrected chi connectivity index (χ4v) is 3.67. The molecule has 2 unspecified atom stereocenters. The maximum atomic E-state index is 12.1. The number of hydrogen-bond donors (Lipinski definition) is 1. The lowest BCUT2D eigenvalue weighted by Crippen LogP contribution is -2.42. The number of rotatable bonds is 4. The van der Waals surface area contributed by atoms with Gasteiger partial charge in [-0.1, -0.05) is 13.8 Å². The Hall–Kier alpha value is -1.10. The van der Waals surface area contributed by atoms with E-state index in [1.165, 1.54) is 6.42 Å². The maximum absolute atomic E-state index is 12.1. The van der Waals surface area contributed by atoms with Gasteiger partial charge in [-0.25, -0.2) is 0 Å². The number of amides is 1. The highest BCUT2D eigenvalue weighted by molar-refractivity contribution is 5.78. The number of likely N-dealkylation sites (tertiary alicyclic amines) is 1. The van der Waals surface area contributed by atoms with E-state index >= 15 is 0 Å². The molecule has 1 aliphatic heterocycles. The van der Waals surface area contributed by atoms with Gasteiger partial charge in [0, 0.05) is 13.1 Å². The van der Waals surface area contributed by atoms with Crippen LogP contribution in [0, 0.1) is 17.8 Å². The Balaban J connectivity index is 1.71. The zero-order valence-corrected chi connectivity index (χ0v) is 13.1. The van der Waals surface area contributed by atoms with Gasteiger partial charge in [0.15, 0.2) is 0 Å². The monoisotopic (exact) mass is 297 g/mol. The molecule has 0 bridgehead atoms. The minimum Gasteiger partial charge on any atom is -0.481 e. The highest BCUT2D eigenvalue weighted by Crippen LogP contribution is 2.30. The van der Waals surface area contributed by atoms with Gasteiger partial charge >= 0.3 is 5.97 Å². The van der Waals surface area contributed by atoms with Gasteiger partial charge in [-0.2, -0.15) is 0 Å². The molecule has 5 heteroatoms. The second-order valence-corrected chi connectivity index (χ2v) is 6.84. The second kappa shape index (κ2) is 7.25. The number of hydrogen-bond acceptors (Lipinski definition) is 3. The molecule has 0 aromatic carbocycles. The summed E-state index contributed by atoms with van der Waals surface area (Å²) in [5.41, 5.74) is 0. The van der Waals surface area contributed by atoms with Crippen LogP contribution in [0.5, 0.6) is 0 Å². The van der Waals surface area contributed by atoms with Crippen LogP contribution >= 0.6 is 0 Å². The molecule has 0 aromatic rings. The number of nitrogens with zero attached hydrogens (tertiary/aromatic N) is 1. The largest absolute Gasteiger partial charge is 0.481 e. The van der Waals surface area contributed by atoms with Gasteiger partial charge in [-0.05, 0) is 43.9 Å². The fraction of sp³-hybridized carbons (Fsp3) is 0.875. The minimum atomic E-state index is -0.747. The minimum absolute atomic E-state index is 0.00437. The summed E-state index contributed by atoms with van der Waals surface area (Å²) in [7, 11) is 0. The van der Waals surface area contributed by atoms with Crippen LogP contribution in [0.15, 0.2) is 0 Å². The van der Waals surface area contributed by atoms with Gasteiger partial charge in [-0.15, -0.1) is 0 Å². The zero-order valence-electron chi connectivity index (χ0n) is 13.1. The van der Waals surface area contributed by atoms with Crippen LogP contribution in [0.25, 0.3) is 0 Å². The zero-order chi connectivity index (χ0) is 15.4. The van der Waals surface area contributed by atoms with Crippen molar-refractivity contribution in [3.05, 3.63) is 0 Å². The van der Waals surface area contributed by atoms with Gasteiger partial charge in [0.2, 0.25) is 5.91 Å². The SMILES string of the molecule is CC1CC(C)CC(OCC(=O)N2CCC(C(=O)O)CC2)C1. The Morgan fingerprint density at radius 1 is 1.10 bits per heavy atom. The molecule has 2 aliphatic rings. The molecule has 1 N–H and O–H groups in total. The molecule has 1 saturated heterocycles. The van der Waals surface area contributed by atoms with E-state index in [1.807, 2.05) is 0 Å². The van der Waals surface area contributed by atoms with Crippen LogP contribution in [0.2, 0.25) is 0 Å². The molecule has 2 atom stereocenters. The lowest BCUT2D eigenvalue weighted by atomic mass is 9.82. The van der Waals surface area contributed by atoms with Crippen LogP contribution in [-0.2, 0) is 14.3 Å². The summed E-state index contributed by atoms with van der Waals surface area (Å²) in [6.07, 6.45) is 4.63. The summed E-state index contributed by atoms with van der Waals surface area (Å²) >= 11 is 0. The summed E-state index contributed by atoms with van der Waals surface area (Å²) in [4.78, 5) is 24.8. The van der Waals surface area contributed by atoms with E-state index < -0.39 is 5.97 Å². The normalized spacial score (nSPS) is 31.1. The average molecular weight is 297 g/mol. The number of piperidine rings is 1. The molecular weight excluding hydrogens is 270 g/mol. The summed E-state index contributed by atoms with van der Waals surface area (Å²) in [5.74, 6) is 0.295. The third-order valence-electron chi connectivity index (χ3n) is 4.77. The van der Waals surface area contributed by atoms with Gasteiger partial charge in [0.1, 0.15) is 6.61 Å². The van der Waals surface area contributed by atoms with Crippen molar-refractivity contribution in [1.29, 1.82) is 0 Å². The lowest BCUT2D eigenvalue weighted by molar-refractivity contribution is -0.148. The third-order valence-corrected chi connectivity index (χ3v) is 4.77. The van der Waals surface area contributed by atoms with E-state index in [2.05, 4.69) is 13.8 Å². The molecule has 2 rings (SSSR count). The Kier molecular flexibility index (Phi) is 5.62. The lowest BCUT2D eigenvalue weighted by Gasteiger charge is -2.33. The van der Waals surface area contributed by atoms with Crippen molar-refractivity contribution in [1.82, 2.24) is 4.90 Å². The molecule has 1 aliphatic carbocycles. The van der Waals surface area contributed by atoms with Gasteiger partial charge in [-0.3, -0.25) is 9.59 Å². The molecule has 120 valence electrons. The van der Waals surface area contributed by atoms with Crippen molar-refractivity contribution in [3.8, 4) is 0 Å². The third kappa shape index (κ3) is 4.70. The smallest absolute Gasteiger partial charge is 0.306 e. The van der Waals surface area contributed by atoms with Crippen LogP contribution in [0.1, 0.15) is 46.0 Å². The van der Waals surface area contributed by atoms with Crippen molar-refractivity contribution < 1.29 is 19.4 Å². The molecule has 21 heavy (non-hydrogen) atoms. The molecule has 0 spiro atoms. The summed E-state index contributed by atoms with van der Waals surface area (Å²) < 4.78 is 5.81. The Morgan fingerprint density at radius 3 is 2.19 bits per heavy atom. The van der Waals surface area contributed by atoms with Crippen molar-refractivity contribution in [2.45, 2.75) is 52.1 Å². The Morgan fingerprint density at radius 2 is 1.67 bits per heavy atom. The maximum Gasteiger partial charge on any atom is 0.306 e. The van der Waals surface area contributed by atoms with Crippen LogP contribution < -0.4 is 0 Å². The van der Waals surface area contributed by atoms with E-state index in [9.17, 15) is 9.59 Å².